The third-order valence-electron chi connectivity index (χ3n) is 2.38. The molecule has 0 saturated heterocycles. The average Bonchev–Trinajstić information content (AvgIpc) is 2.72. The zero-order chi connectivity index (χ0) is 11.0. The number of fused-ring (bicyclic) bond motifs is 1. The van der Waals surface area contributed by atoms with Crippen molar-refractivity contribution in [3.8, 4) is 11.3 Å². The number of imidazole rings is 1. The first-order chi connectivity index (χ1) is 7.83. The maximum absolute atomic E-state index is 5.95. The molecule has 0 aliphatic heterocycles. The van der Waals surface area contributed by atoms with Crippen LogP contribution in [0.3, 0.4) is 0 Å². The monoisotopic (exact) mass is 229 g/mol. The molecule has 0 saturated carbocycles. The number of aromatic nitrogens is 3. The first-order valence-corrected chi connectivity index (χ1v) is 5.25. The van der Waals surface area contributed by atoms with Gasteiger partial charge in [0.2, 0.25) is 0 Å². The van der Waals surface area contributed by atoms with Gasteiger partial charge in [0.05, 0.1) is 11.9 Å². The van der Waals surface area contributed by atoms with Gasteiger partial charge in [0.25, 0.3) is 0 Å². The van der Waals surface area contributed by atoms with Crippen LogP contribution >= 0.6 is 11.6 Å². The lowest BCUT2D eigenvalue weighted by atomic mass is 10.2. The van der Waals surface area contributed by atoms with E-state index in [0.29, 0.717) is 5.02 Å². The Labute approximate surface area is 97.3 Å². The number of benzene rings is 1. The maximum atomic E-state index is 5.95. The van der Waals surface area contributed by atoms with Gasteiger partial charge in [-0.2, -0.15) is 0 Å². The highest BCUT2D eigenvalue weighted by Crippen LogP contribution is 2.21. The van der Waals surface area contributed by atoms with Gasteiger partial charge in [0.15, 0.2) is 5.65 Å². The molecule has 1 aromatic carbocycles. The molecule has 3 aromatic rings. The van der Waals surface area contributed by atoms with Gasteiger partial charge in [0, 0.05) is 29.2 Å². The minimum absolute atomic E-state index is 0.715. The minimum atomic E-state index is 0.715. The van der Waals surface area contributed by atoms with Crippen LogP contribution in [0.4, 0.5) is 0 Å². The Balaban J connectivity index is 2.19. The highest BCUT2D eigenvalue weighted by atomic mass is 35.5. The van der Waals surface area contributed by atoms with Crippen LogP contribution in [0, 0.1) is 0 Å². The standard InChI is InChI=1S/C12H8ClN3/c13-10-3-1-2-9(6-10)11-8-16-5-4-14-7-12(16)15-11/h1-8H. The predicted octanol–water partition coefficient (Wildman–Crippen LogP) is 3.05. The molecule has 0 radical (unpaired) electrons. The molecule has 3 nitrogen and oxygen atoms in total. The van der Waals surface area contributed by atoms with Gasteiger partial charge in [-0.25, -0.2) is 4.98 Å². The van der Waals surface area contributed by atoms with Gasteiger partial charge in [0.1, 0.15) is 0 Å². The average molecular weight is 230 g/mol. The molecule has 2 aromatic heterocycles. The molecule has 0 N–H and O–H groups in total. The van der Waals surface area contributed by atoms with Crippen LogP contribution in [0.25, 0.3) is 16.9 Å². The molecule has 0 aliphatic carbocycles. The van der Waals surface area contributed by atoms with Crippen LogP contribution in [0.2, 0.25) is 5.02 Å². The molecule has 0 atom stereocenters. The molecule has 2 heterocycles. The van der Waals surface area contributed by atoms with Crippen LogP contribution < -0.4 is 0 Å². The summed E-state index contributed by atoms with van der Waals surface area (Å²) in [5.41, 5.74) is 2.74. The number of hydrogen-bond donors (Lipinski definition) is 0. The van der Waals surface area contributed by atoms with Crippen molar-refractivity contribution in [2.45, 2.75) is 0 Å². The Hall–Kier alpha value is -1.87. The summed E-state index contributed by atoms with van der Waals surface area (Å²) in [5, 5.41) is 0.715. The van der Waals surface area contributed by atoms with E-state index in [1.807, 2.05) is 41.1 Å². The molecule has 0 spiro atoms. The lowest BCUT2D eigenvalue weighted by Crippen LogP contribution is -1.81. The number of nitrogens with zero attached hydrogens (tertiary/aromatic N) is 3. The zero-order valence-corrected chi connectivity index (χ0v) is 9.09. The molecule has 0 unspecified atom stereocenters. The quantitative estimate of drug-likeness (QED) is 0.642. The second-order valence-electron chi connectivity index (χ2n) is 3.48. The van der Waals surface area contributed by atoms with Crippen molar-refractivity contribution >= 4 is 17.2 Å². The van der Waals surface area contributed by atoms with Crippen LogP contribution in [0.1, 0.15) is 0 Å². The van der Waals surface area contributed by atoms with Gasteiger partial charge in [-0.3, -0.25) is 4.98 Å². The van der Waals surface area contributed by atoms with E-state index in [4.69, 9.17) is 11.6 Å². The van der Waals surface area contributed by atoms with Crippen molar-refractivity contribution in [2.75, 3.05) is 0 Å². The smallest absolute Gasteiger partial charge is 0.155 e. The number of hydrogen-bond acceptors (Lipinski definition) is 2. The second-order valence-corrected chi connectivity index (χ2v) is 3.91. The summed E-state index contributed by atoms with van der Waals surface area (Å²) in [5.74, 6) is 0. The van der Waals surface area contributed by atoms with Gasteiger partial charge >= 0.3 is 0 Å². The molecule has 0 amide bonds. The molecular weight excluding hydrogens is 222 g/mol. The fraction of sp³-hybridized carbons (Fsp3) is 0. The fourth-order valence-electron chi connectivity index (χ4n) is 1.63. The third-order valence-corrected chi connectivity index (χ3v) is 2.62. The zero-order valence-electron chi connectivity index (χ0n) is 8.34. The maximum Gasteiger partial charge on any atom is 0.155 e. The molecule has 0 bridgehead atoms. The van der Waals surface area contributed by atoms with E-state index >= 15 is 0 Å². The molecule has 78 valence electrons. The summed E-state index contributed by atoms with van der Waals surface area (Å²) >= 11 is 5.95. The third kappa shape index (κ3) is 1.55. The topological polar surface area (TPSA) is 30.2 Å². The van der Waals surface area contributed by atoms with E-state index in [2.05, 4.69) is 9.97 Å². The lowest BCUT2D eigenvalue weighted by Gasteiger charge is -1.95. The number of rotatable bonds is 1. The molecule has 3 rings (SSSR count). The predicted molar refractivity (Wildman–Crippen MR) is 63.4 cm³/mol. The van der Waals surface area contributed by atoms with Crippen LogP contribution in [0.15, 0.2) is 49.1 Å². The van der Waals surface area contributed by atoms with Crippen molar-refractivity contribution in [3.63, 3.8) is 0 Å². The van der Waals surface area contributed by atoms with Crippen molar-refractivity contribution < 1.29 is 0 Å². The van der Waals surface area contributed by atoms with Gasteiger partial charge in [-0.15, -0.1) is 0 Å². The summed E-state index contributed by atoms with van der Waals surface area (Å²) in [6.07, 6.45) is 7.30. The van der Waals surface area contributed by atoms with Gasteiger partial charge < -0.3 is 4.40 Å². The summed E-state index contributed by atoms with van der Waals surface area (Å²) in [6, 6.07) is 7.65. The van der Waals surface area contributed by atoms with Crippen LogP contribution in [0.5, 0.6) is 0 Å². The van der Waals surface area contributed by atoms with Gasteiger partial charge in [-0.05, 0) is 12.1 Å². The summed E-state index contributed by atoms with van der Waals surface area (Å²) in [7, 11) is 0. The molecule has 0 aliphatic rings. The normalized spacial score (nSPS) is 10.8. The van der Waals surface area contributed by atoms with Crippen molar-refractivity contribution in [1.82, 2.24) is 14.4 Å². The van der Waals surface area contributed by atoms with E-state index in [9.17, 15) is 0 Å². The van der Waals surface area contributed by atoms with Crippen molar-refractivity contribution in [3.05, 3.63) is 54.1 Å². The Kier molecular flexibility index (Phi) is 2.11. The number of halogens is 1. The van der Waals surface area contributed by atoms with Crippen molar-refractivity contribution in [1.29, 1.82) is 0 Å². The highest BCUT2D eigenvalue weighted by Gasteiger charge is 2.03. The SMILES string of the molecule is Clc1cccc(-c2cn3ccncc3n2)c1. The minimum Gasteiger partial charge on any atom is -0.304 e. The fourth-order valence-corrected chi connectivity index (χ4v) is 1.82. The van der Waals surface area contributed by atoms with Crippen molar-refractivity contribution in [2.24, 2.45) is 0 Å². The Morgan fingerprint density at radius 1 is 1.25 bits per heavy atom. The Morgan fingerprint density at radius 2 is 2.19 bits per heavy atom. The van der Waals surface area contributed by atoms with E-state index < -0.39 is 0 Å². The molecule has 4 heteroatoms. The first-order valence-electron chi connectivity index (χ1n) is 4.87. The van der Waals surface area contributed by atoms with E-state index in [1.165, 1.54) is 0 Å². The largest absolute Gasteiger partial charge is 0.304 e. The summed E-state index contributed by atoms with van der Waals surface area (Å²) in [6.45, 7) is 0. The molecule has 0 fully saturated rings. The van der Waals surface area contributed by atoms with Gasteiger partial charge in [-0.1, -0.05) is 23.7 Å². The summed E-state index contributed by atoms with van der Waals surface area (Å²) in [4.78, 5) is 8.49. The Bertz CT molecular complexity index is 612. The lowest BCUT2D eigenvalue weighted by molar-refractivity contribution is 1.13. The second kappa shape index (κ2) is 3.61. The Morgan fingerprint density at radius 3 is 3.00 bits per heavy atom. The van der Waals surface area contributed by atoms with E-state index in [-0.39, 0.29) is 0 Å². The van der Waals surface area contributed by atoms with Crippen LogP contribution in [-0.2, 0) is 0 Å². The van der Waals surface area contributed by atoms with E-state index in [1.54, 1.807) is 12.4 Å². The van der Waals surface area contributed by atoms with Crippen LogP contribution in [-0.4, -0.2) is 14.4 Å². The first kappa shape index (κ1) is 9.36. The summed E-state index contributed by atoms with van der Waals surface area (Å²) < 4.78 is 1.93. The highest BCUT2D eigenvalue weighted by molar-refractivity contribution is 6.30. The molecule has 16 heavy (non-hydrogen) atoms. The molecular formula is C12H8ClN3. The van der Waals surface area contributed by atoms with E-state index in [0.717, 1.165) is 16.9 Å².